The fourth-order valence-electron chi connectivity index (χ4n) is 3.33. The number of allylic oxidation sites excluding steroid dienone is 9. The van der Waals surface area contributed by atoms with E-state index in [1.807, 2.05) is 50.3 Å². The summed E-state index contributed by atoms with van der Waals surface area (Å²) in [6.07, 6.45) is 17.7. The van der Waals surface area contributed by atoms with Crippen molar-refractivity contribution in [1.29, 1.82) is 0 Å². The second-order valence-corrected chi connectivity index (χ2v) is 8.18. The number of carbonyl (C=O) groups is 2. The standard InChI is InChI=1S/C14H15N2O2.C14H14N2O2.Ni/c2*1-10-3-2-4-12(16-10)9-15-8-11-5-6-13(17)7-14(11)18;/h2-8,12H,9H2,1H3,(H2,15,17,18);2-8,15,18H,9H2,1H3;/q-1;;/b;11-8-;. The van der Waals surface area contributed by atoms with Crippen molar-refractivity contribution in [2.45, 2.75) is 26.4 Å². The SMILES string of the molecule is CC1=CC=CC(CN/C=C2/C=CC(=O)C=C2O)[N-]1.Cc1cccc(CN/C=C2/C=CC(=O)C=C2O)n1.[Ni]. The van der Waals surface area contributed by atoms with Crippen LogP contribution >= 0.6 is 0 Å². The normalized spacial score (nSPS) is 20.2. The van der Waals surface area contributed by atoms with Crippen LogP contribution in [-0.2, 0) is 32.6 Å². The number of aliphatic hydroxyl groups excluding tert-OH is 2. The van der Waals surface area contributed by atoms with E-state index >= 15 is 0 Å². The molecule has 0 saturated carbocycles. The third-order valence-electron chi connectivity index (χ3n) is 5.12. The molecule has 0 aromatic carbocycles. The summed E-state index contributed by atoms with van der Waals surface area (Å²) < 4.78 is 0. The van der Waals surface area contributed by atoms with Gasteiger partial charge in [0.2, 0.25) is 0 Å². The molecule has 1 atom stereocenters. The maximum atomic E-state index is 11.0. The van der Waals surface area contributed by atoms with Gasteiger partial charge in [-0.05, 0) is 43.4 Å². The van der Waals surface area contributed by atoms with Gasteiger partial charge >= 0.3 is 0 Å². The number of aromatic nitrogens is 1. The minimum absolute atomic E-state index is 0. The first-order valence-corrected chi connectivity index (χ1v) is 11.4. The Labute approximate surface area is 226 Å². The van der Waals surface area contributed by atoms with E-state index in [0.717, 1.165) is 17.1 Å². The number of hydrogen-bond donors (Lipinski definition) is 4. The number of pyridine rings is 1. The molecule has 0 bridgehead atoms. The van der Waals surface area contributed by atoms with Gasteiger partial charge in [0.25, 0.3) is 0 Å². The van der Waals surface area contributed by atoms with Gasteiger partial charge in [-0.3, -0.25) is 14.6 Å². The summed E-state index contributed by atoms with van der Waals surface area (Å²) in [5.74, 6) is -0.435. The van der Waals surface area contributed by atoms with E-state index in [0.29, 0.717) is 24.2 Å². The van der Waals surface area contributed by atoms with Gasteiger partial charge in [-0.2, -0.15) is 5.70 Å². The Morgan fingerprint density at radius 3 is 2.14 bits per heavy atom. The van der Waals surface area contributed by atoms with E-state index in [-0.39, 0.29) is 45.6 Å². The van der Waals surface area contributed by atoms with Crippen molar-refractivity contribution in [2.75, 3.05) is 6.54 Å². The smallest absolute Gasteiger partial charge is 0.182 e. The summed E-state index contributed by atoms with van der Waals surface area (Å²) in [5, 5.41) is 29.7. The minimum Gasteiger partial charge on any atom is -0.681 e. The number of rotatable bonds is 6. The average molecular weight is 544 g/mol. The molecule has 37 heavy (non-hydrogen) atoms. The minimum atomic E-state index is -0.204. The molecule has 1 aromatic heterocycles. The first kappa shape index (κ1) is 29.1. The van der Waals surface area contributed by atoms with Crippen LogP contribution in [0.3, 0.4) is 0 Å². The fourth-order valence-corrected chi connectivity index (χ4v) is 3.33. The molecule has 0 saturated heterocycles. The summed E-state index contributed by atoms with van der Waals surface area (Å²) in [5.41, 5.74) is 4.07. The Bertz CT molecular complexity index is 1250. The Morgan fingerprint density at radius 1 is 0.946 bits per heavy atom. The number of hydrogen-bond acceptors (Lipinski definition) is 7. The molecule has 1 aliphatic heterocycles. The van der Waals surface area contributed by atoms with Crippen molar-refractivity contribution >= 4 is 11.6 Å². The fraction of sp³-hybridized carbons (Fsp3) is 0.179. The van der Waals surface area contributed by atoms with Gasteiger partial charge in [-0.25, -0.2) is 0 Å². The van der Waals surface area contributed by atoms with Crippen LogP contribution in [-0.4, -0.2) is 39.4 Å². The topological polar surface area (TPSA) is 126 Å². The zero-order chi connectivity index (χ0) is 25.9. The van der Waals surface area contributed by atoms with Crippen LogP contribution < -0.4 is 10.6 Å². The quantitative estimate of drug-likeness (QED) is 0.396. The molecule has 3 aliphatic rings. The number of ketones is 2. The van der Waals surface area contributed by atoms with Gasteiger partial charge in [0.15, 0.2) is 11.6 Å². The van der Waals surface area contributed by atoms with Crippen LogP contribution in [0.4, 0.5) is 0 Å². The van der Waals surface area contributed by atoms with Crippen LogP contribution in [0.15, 0.2) is 114 Å². The van der Waals surface area contributed by atoms with E-state index in [9.17, 15) is 19.8 Å². The van der Waals surface area contributed by atoms with Gasteiger partial charge in [0.05, 0.1) is 12.2 Å². The molecule has 9 heteroatoms. The van der Waals surface area contributed by atoms with Gasteiger partial charge in [0.1, 0.15) is 11.5 Å². The zero-order valence-electron chi connectivity index (χ0n) is 20.5. The zero-order valence-corrected chi connectivity index (χ0v) is 21.5. The predicted octanol–water partition coefficient (Wildman–Crippen LogP) is 4.20. The molecular weight excluding hydrogens is 515 g/mol. The first-order chi connectivity index (χ1) is 17.3. The van der Waals surface area contributed by atoms with Crippen molar-refractivity contribution in [1.82, 2.24) is 15.6 Å². The van der Waals surface area contributed by atoms with Crippen molar-refractivity contribution in [3.8, 4) is 0 Å². The Balaban J connectivity index is 0.000000253. The molecule has 2 aliphatic carbocycles. The number of nitrogens with one attached hydrogen (secondary N) is 2. The molecule has 2 heterocycles. The van der Waals surface area contributed by atoms with Crippen molar-refractivity contribution in [2.24, 2.45) is 0 Å². The predicted molar refractivity (Wildman–Crippen MR) is 140 cm³/mol. The molecule has 8 nitrogen and oxygen atoms in total. The van der Waals surface area contributed by atoms with Gasteiger partial charge in [-0.15, -0.1) is 0 Å². The van der Waals surface area contributed by atoms with Crippen molar-refractivity contribution < 1.29 is 36.3 Å². The molecule has 0 amide bonds. The number of nitrogens with zero attached hydrogens (tertiary/aromatic N) is 2. The Morgan fingerprint density at radius 2 is 1.57 bits per heavy atom. The van der Waals surface area contributed by atoms with Gasteiger partial charge in [-0.1, -0.05) is 37.3 Å². The van der Waals surface area contributed by atoms with Crippen LogP contribution in [0.5, 0.6) is 0 Å². The van der Waals surface area contributed by atoms with E-state index in [2.05, 4.69) is 20.9 Å². The van der Waals surface area contributed by atoms with Crippen LogP contribution in [0, 0.1) is 6.92 Å². The van der Waals surface area contributed by atoms with Gasteiger partial charge in [0, 0.05) is 64.4 Å². The molecule has 0 radical (unpaired) electrons. The maximum absolute atomic E-state index is 11.0. The summed E-state index contributed by atoms with van der Waals surface area (Å²) in [7, 11) is 0. The van der Waals surface area contributed by atoms with Crippen molar-refractivity contribution in [3.63, 3.8) is 0 Å². The molecular formula is C28H29N4NiO4-. The third-order valence-corrected chi connectivity index (χ3v) is 5.12. The summed E-state index contributed by atoms with van der Waals surface area (Å²) in [6.45, 7) is 5.12. The summed E-state index contributed by atoms with van der Waals surface area (Å²) >= 11 is 0. The third kappa shape index (κ3) is 9.82. The van der Waals surface area contributed by atoms with Crippen LogP contribution in [0.2, 0.25) is 0 Å². The maximum Gasteiger partial charge on any atom is 0.182 e. The molecule has 196 valence electrons. The van der Waals surface area contributed by atoms with E-state index in [1.54, 1.807) is 24.6 Å². The molecule has 0 spiro atoms. The molecule has 0 fully saturated rings. The van der Waals surface area contributed by atoms with Gasteiger partial charge < -0.3 is 26.2 Å². The Hall–Kier alpha value is -4.10. The molecule has 1 unspecified atom stereocenters. The molecule has 4 N–H and O–H groups in total. The second-order valence-electron chi connectivity index (χ2n) is 8.18. The van der Waals surface area contributed by atoms with Crippen LogP contribution in [0.25, 0.3) is 5.32 Å². The van der Waals surface area contributed by atoms with Crippen molar-refractivity contribution in [3.05, 3.63) is 130 Å². The molecule has 4 rings (SSSR count). The van der Waals surface area contributed by atoms with Crippen LogP contribution in [0.1, 0.15) is 18.3 Å². The van der Waals surface area contributed by atoms with E-state index in [4.69, 9.17) is 0 Å². The number of aliphatic hydroxyl groups is 2. The number of carbonyl (C=O) groups excluding carboxylic acids is 2. The number of aryl methyl sites for hydroxylation is 1. The second kappa shape index (κ2) is 14.5. The summed E-state index contributed by atoms with van der Waals surface area (Å²) in [6, 6.07) is 5.91. The van der Waals surface area contributed by atoms with E-state index in [1.165, 1.54) is 24.3 Å². The monoisotopic (exact) mass is 543 g/mol. The van der Waals surface area contributed by atoms with E-state index < -0.39 is 0 Å². The average Bonchev–Trinajstić information content (AvgIpc) is 2.82. The first-order valence-electron chi connectivity index (χ1n) is 11.4. The summed E-state index contributed by atoms with van der Waals surface area (Å²) in [4.78, 5) is 26.3. The largest absolute Gasteiger partial charge is 0.681 e. The Kier molecular flexibility index (Phi) is 11.4. The molecule has 1 aromatic rings.